The van der Waals surface area contributed by atoms with E-state index in [9.17, 15) is 10.2 Å². The summed E-state index contributed by atoms with van der Waals surface area (Å²) in [5.74, 6) is 1.70. The van der Waals surface area contributed by atoms with E-state index in [1.807, 2.05) is 78.9 Å². The first-order valence-corrected chi connectivity index (χ1v) is 13.6. The molecule has 0 unspecified atom stereocenters. The molecule has 0 bridgehead atoms. The third-order valence-corrected chi connectivity index (χ3v) is 7.18. The summed E-state index contributed by atoms with van der Waals surface area (Å²) >= 11 is 0. The Morgan fingerprint density at radius 1 is 0.381 bits per heavy atom. The number of hydrogen-bond acceptors (Lipinski definition) is 4. The molecule has 0 saturated heterocycles. The monoisotopic (exact) mass is 546 g/mol. The molecular formula is C36H26N4O2. The van der Waals surface area contributed by atoms with Gasteiger partial charge in [0.05, 0.1) is 22.8 Å². The summed E-state index contributed by atoms with van der Waals surface area (Å²) < 4.78 is 0. The fraction of sp³-hybridized carbons (Fsp3) is 0. The molecule has 0 spiro atoms. The fourth-order valence-electron chi connectivity index (χ4n) is 5.19. The van der Waals surface area contributed by atoms with Crippen molar-refractivity contribution in [2.45, 2.75) is 0 Å². The molecule has 0 radical (unpaired) electrons. The predicted molar refractivity (Wildman–Crippen MR) is 167 cm³/mol. The first-order valence-electron chi connectivity index (χ1n) is 13.6. The first kappa shape index (κ1) is 25.1. The number of phenolic OH excluding ortho intramolecular Hbond substituents is 2. The summed E-state index contributed by atoms with van der Waals surface area (Å²) in [7, 11) is 0. The van der Waals surface area contributed by atoms with Crippen LogP contribution in [0.5, 0.6) is 11.5 Å². The van der Waals surface area contributed by atoms with Crippen LogP contribution in [0.1, 0.15) is 0 Å². The van der Waals surface area contributed by atoms with Gasteiger partial charge in [0, 0.05) is 33.4 Å². The molecule has 6 heteroatoms. The van der Waals surface area contributed by atoms with Gasteiger partial charge >= 0.3 is 0 Å². The van der Waals surface area contributed by atoms with Gasteiger partial charge in [0.1, 0.15) is 23.1 Å². The zero-order valence-corrected chi connectivity index (χ0v) is 22.5. The molecule has 0 aliphatic carbocycles. The SMILES string of the molecule is Oc1cccc(-c2nc(-c3cccc(-c4nc(-c5cccc(O)c5)[nH]c4-c4ccccc4)c3)c(-c3ccccc3)[nH]2)c1. The number of benzene rings is 5. The number of hydrogen-bond donors (Lipinski definition) is 4. The fourth-order valence-corrected chi connectivity index (χ4v) is 5.19. The summed E-state index contributed by atoms with van der Waals surface area (Å²) in [6.45, 7) is 0. The van der Waals surface area contributed by atoms with Crippen molar-refractivity contribution in [1.29, 1.82) is 0 Å². The standard InChI is InChI=1S/C36H26N4O2/c41-29-18-8-16-27(21-29)35-37-31(23-10-3-1-4-11-23)33(39-35)25-14-7-15-26(20-25)34-32(24-12-5-2-6-13-24)38-36(40-34)28-17-9-19-30(42)22-28/h1-22,41-42H,(H,37,39)(H,38,40). The lowest BCUT2D eigenvalue weighted by Crippen LogP contribution is -1.87. The summed E-state index contributed by atoms with van der Waals surface area (Å²) in [5, 5.41) is 20.2. The number of aromatic hydroxyl groups is 2. The molecule has 0 saturated carbocycles. The van der Waals surface area contributed by atoms with E-state index >= 15 is 0 Å². The van der Waals surface area contributed by atoms with Crippen molar-refractivity contribution >= 4 is 0 Å². The Kier molecular flexibility index (Phi) is 6.33. The Morgan fingerprint density at radius 2 is 0.762 bits per heavy atom. The van der Waals surface area contributed by atoms with Crippen LogP contribution < -0.4 is 0 Å². The zero-order valence-electron chi connectivity index (χ0n) is 22.5. The van der Waals surface area contributed by atoms with Gasteiger partial charge in [-0.15, -0.1) is 0 Å². The van der Waals surface area contributed by atoms with Crippen molar-refractivity contribution in [2.24, 2.45) is 0 Å². The number of aromatic amines is 2. The van der Waals surface area contributed by atoms with Crippen molar-refractivity contribution in [1.82, 2.24) is 19.9 Å². The largest absolute Gasteiger partial charge is 0.508 e. The molecule has 4 N–H and O–H groups in total. The molecule has 5 aromatic carbocycles. The Labute approximate surface area is 242 Å². The third-order valence-electron chi connectivity index (χ3n) is 7.18. The summed E-state index contributed by atoms with van der Waals surface area (Å²) in [6.07, 6.45) is 0. The van der Waals surface area contributed by atoms with Crippen LogP contribution in [-0.4, -0.2) is 30.1 Å². The second-order valence-electron chi connectivity index (χ2n) is 10.0. The number of aromatic nitrogens is 4. The summed E-state index contributed by atoms with van der Waals surface area (Å²) in [6, 6.07) is 42.6. The van der Waals surface area contributed by atoms with Crippen LogP contribution in [0.25, 0.3) is 67.8 Å². The lowest BCUT2D eigenvalue weighted by Gasteiger charge is -2.07. The van der Waals surface area contributed by atoms with Gasteiger partial charge in [0.15, 0.2) is 0 Å². The Bertz CT molecular complexity index is 1870. The average Bonchev–Trinajstić information content (AvgIpc) is 3.68. The highest BCUT2D eigenvalue weighted by atomic mass is 16.3. The minimum Gasteiger partial charge on any atom is -0.508 e. The Hall–Kier alpha value is -5.88. The zero-order chi connectivity index (χ0) is 28.5. The van der Waals surface area contributed by atoms with Gasteiger partial charge in [-0.1, -0.05) is 103 Å². The van der Waals surface area contributed by atoms with Gasteiger partial charge < -0.3 is 20.2 Å². The van der Waals surface area contributed by atoms with Gasteiger partial charge in [0.2, 0.25) is 0 Å². The lowest BCUT2D eigenvalue weighted by atomic mass is 10.00. The second-order valence-corrected chi connectivity index (χ2v) is 10.0. The van der Waals surface area contributed by atoms with Crippen molar-refractivity contribution in [2.75, 3.05) is 0 Å². The van der Waals surface area contributed by atoms with E-state index in [-0.39, 0.29) is 11.5 Å². The molecule has 7 aromatic rings. The van der Waals surface area contributed by atoms with Crippen LogP contribution in [0.3, 0.4) is 0 Å². The summed E-state index contributed by atoms with van der Waals surface area (Å²) in [4.78, 5) is 17.0. The normalized spacial score (nSPS) is 11.0. The van der Waals surface area contributed by atoms with E-state index in [1.54, 1.807) is 24.3 Å². The predicted octanol–water partition coefficient (Wildman–Crippen LogP) is 8.55. The van der Waals surface area contributed by atoms with Crippen LogP contribution >= 0.6 is 0 Å². The van der Waals surface area contributed by atoms with Gasteiger partial charge in [-0.25, -0.2) is 9.97 Å². The molecule has 2 aromatic heterocycles. The van der Waals surface area contributed by atoms with Crippen molar-refractivity contribution in [3.8, 4) is 79.3 Å². The van der Waals surface area contributed by atoms with Crippen LogP contribution in [0.4, 0.5) is 0 Å². The molecular weight excluding hydrogens is 520 g/mol. The molecule has 0 amide bonds. The molecule has 42 heavy (non-hydrogen) atoms. The highest BCUT2D eigenvalue weighted by Gasteiger charge is 2.19. The number of nitrogens with one attached hydrogen (secondary N) is 2. The molecule has 0 aliphatic heterocycles. The van der Waals surface area contributed by atoms with E-state index in [0.29, 0.717) is 11.6 Å². The van der Waals surface area contributed by atoms with E-state index in [2.05, 4.69) is 40.3 Å². The van der Waals surface area contributed by atoms with Gasteiger partial charge in [0.25, 0.3) is 0 Å². The molecule has 0 aliphatic rings. The minimum atomic E-state index is 0.184. The number of nitrogens with zero attached hydrogens (tertiary/aromatic N) is 2. The molecule has 0 fully saturated rings. The van der Waals surface area contributed by atoms with Gasteiger partial charge in [-0.2, -0.15) is 0 Å². The van der Waals surface area contributed by atoms with E-state index in [4.69, 9.17) is 9.97 Å². The maximum atomic E-state index is 10.1. The number of H-pyrrole nitrogens is 2. The third kappa shape index (κ3) is 4.82. The van der Waals surface area contributed by atoms with E-state index in [1.165, 1.54) is 0 Å². The number of phenols is 2. The lowest BCUT2D eigenvalue weighted by molar-refractivity contribution is 0.475. The van der Waals surface area contributed by atoms with Crippen LogP contribution in [0.2, 0.25) is 0 Å². The minimum absolute atomic E-state index is 0.184. The number of imidazole rings is 2. The molecule has 202 valence electrons. The number of rotatable bonds is 6. The van der Waals surface area contributed by atoms with Crippen LogP contribution in [0.15, 0.2) is 133 Å². The molecule has 6 nitrogen and oxygen atoms in total. The smallest absolute Gasteiger partial charge is 0.138 e. The van der Waals surface area contributed by atoms with Crippen molar-refractivity contribution < 1.29 is 10.2 Å². The molecule has 2 heterocycles. The van der Waals surface area contributed by atoms with Gasteiger partial charge in [-0.05, 0) is 30.3 Å². The van der Waals surface area contributed by atoms with Crippen LogP contribution in [-0.2, 0) is 0 Å². The van der Waals surface area contributed by atoms with Gasteiger partial charge in [-0.3, -0.25) is 0 Å². The highest BCUT2D eigenvalue weighted by Crippen LogP contribution is 2.38. The van der Waals surface area contributed by atoms with E-state index < -0.39 is 0 Å². The first-order chi connectivity index (χ1) is 20.6. The average molecular weight is 547 g/mol. The second kappa shape index (κ2) is 10.6. The van der Waals surface area contributed by atoms with Crippen molar-refractivity contribution in [3.63, 3.8) is 0 Å². The topological polar surface area (TPSA) is 97.8 Å². The Balaban J connectivity index is 1.39. The summed E-state index contributed by atoms with van der Waals surface area (Å²) in [5.41, 5.74) is 8.82. The highest BCUT2D eigenvalue weighted by molar-refractivity contribution is 5.86. The van der Waals surface area contributed by atoms with E-state index in [0.717, 1.165) is 56.2 Å². The quantitative estimate of drug-likeness (QED) is 0.168. The Morgan fingerprint density at radius 3 is 1.19 bits per heavy atom. The molecule has 7 rings (SSSR count). The maximum Gasteiger partial charge on any atom is 0.138 e. The molecule has 0 atom stereocenters. The van der Waals surface area contributed by atoms with Crippen LogP contribution in [0, 0.1) is 0 Å². The maximum absolute atomic E-state index is 10.1. The van der Waals surface area contributed by atoms with Crippen molar-refractivity contribution in [3.05, 3.63) is 133 Å².